The van der Waals surface area contributed by atoms with Gasteiger partial charge in [0.15, 0.2) is 5.78 Å². The van der Waals surface area contributed by atoms with Gasteiger partial charge < -0.3 is 0 Å². The van der Waals surface area contributed by atoms with Crippen molar-refractivity contribution in [2.24, 2.45) is 7.05 Å². The van der Waals surface area contributed by atoms with Gasteiger partial charge in [0, 0.05) is 18.6 Å². The zero-order chi connectivity index (χ0) is 14.1. The van der Waals surface area contributed by atoms with Gasteiger partial charge in [-0.1, -0.05) is 18.2 Å². The first-order valence-electron chi connectivity index (χ1n) is 6.38. The Hall–Kier alpha value is -2.56. The number of carbonyl (C=O) groups is 1. The lowest BCUT2D eigenvalue weighted by Gasteiger charge is -1.99. The first-order valence-corrected chi connectivity index (χ1v) is 6.38. The van der Waals surface area contributed by atoms with E-state index in [4.69, 9.17) is 0 Å². The van der Waals surface area contributed by atoms with Gasteiger partial charge in [-0.15, -0.1) is 0 Å². The van der Waals surface area contributed by atoms with E-state index in [2.05, 4.69) is 15.1 Å². The van der Waals surface area contributed by atoms with Crippen molar-refractivity contribution >= 4 is 16.7 Å². The number of hydrogen-bond donors (Lipinski definition) is 0. The van der Waals surface area contributed by atoms with Gasteiger partial charge in [0.2, 0.25) is 0 Å². The highest BCUT2D eigenvalue weighted by molar-refractivity contribution is 5.97. The lowest BCUT2D eigenvalue weighted by Crippen LogP contribution is -2.08. The van der Waals surface area contributed by atoms with Crippen molar-refractivity contribution in [3.63, 3.8) is 0 Å². The van der Waals surface area contributed by atoms with Crippen LogP contribution in [0.15, 0.2) is 36.5 Å². The lowest BCUT2D eigenvalue weighted by atomic mass is 10.1. The van der Waals surface area contributed by atoms with Crippen LogP contribution in [-0.2, 0) is 13.5 Å². The Balaban J connectivity index is 1.95. The summed E-state index contributed by atoms with van der Waals surface area (Å²) in [6, 6.07) is 9.53. The number of aryl methyl sites for hydroxylation is 2. The molecule has 3 rings (SSSR count). The fraction of sp³-hybridized carbons (Fsp3) is 0.200. The number of Topliss-reactive ketones (excluding diaryl/α,β-unsaturated/α-hetero) is 1. The molecule has 0 fully saturated rings. The summed E-state index contributed by atoms with van der Waals surface area (Å²) in [6.45, 7) is 1.77. The van der Waals surface area contributed by atoms with E-state index < -0.39 is 0 Å². The van der Waals surface area contributed by atoms with E-state index >= 15 is 0 Å². The maximum absolute atomic E-state index is 12.3. The highest BCUT2D eigenvalue weighted by Crippen LogP contribution is 2.18. The van der Waals surface area contributed by atoms with Gasteiger partial charge >= 0.3 is 0 Å². The second kappa shape index (κ2) is 4.85. The topological polar surface area (TPSA) is 60.7 Å². The Morgan fingerprint density at radius 1 is 1.25 bits per heavy atom. The number of hydrogen-bond acceptors (Lipinski definition) is 4. The van der Waals surface area contributed by atoms with E-state index in [0.717, 1.165) is 16.6 Å². The van der Waals surface area contributed by atoms with Gasteiger partial charge in [-0.25, -0.2) is 9.97 Å². The molecular formula is C15H14N4O. The summed E-state index contributed by atoms with van der Waals surface area (Å²) in [5.74, 6) is 0.557. The quantitative estimate of drug-likeness (QED) is 0.681. The zero-order valence-corrected chi connectivity index (χ0v) is 11.4. The molecular weight excluding hydrogens is 252 g/mol. The minimum Gasteiger partial charge on any atom is -0.292 e. The number of para-hydroxylation sites is 1. The monoisotopic (exact) mass is 266 g/mol. The van der Waals surface area contributed by atoms with Crippen molar-refractivity contribution < 1.29 is 4.79 Å². The SMILES string of the molecule is Cc1nccc(C(=O)Cc2nn(C)c3ccccc23)n1. The number of aromatic nitrogens is 4. The van der Waals surface area contributed by atoms with E-state index in [1.54, 1.807) is 23.9 Å². The normalized spacial score (nSPS) is 10.9. The maximum Gasteiger partial charge on any atom is 0.187 e. The van der Waals surface area contributed by atoms with Crippen LogP contribution in [0.2, 0.25) is 0 Å². The third kappa shape index (κ3) is 2.18. The number of fused-ring (bicyclic) bond motifs is 1. The number of ketones is 1. The molecule has 0 amide bonds. The molecule has 5 nitrogen and oxygen atoms in total. The maximum atomic E-state index is 12.3. The molecule has 0 bridgehead atoms. The molecule has 0 N–H and O–H groups in total. The van der Waals surface area contributed by atoms with E-state index in [0.29, 0.717) is 11.5 Å². The highest BCUT2D eigenvalue weighted by Gasteiger charge is 2.14. The van der Waals surface area contributed by atoms with Crippen molar-refractivity contribution in [2.75, 3.05) is 0 Å². The second-order valence-corrected chi connectivity index (χ2v) is 4.68. The predicted octanol–water partition coefficient (Wildman–Crippen LogP) is 2.10. The van der Waals surface area contributed by atoms with E-state index in [-0.39, 0.29) is 12.2 Å². The molecule has 20 heavy (non-hydrogen) atoms. The summed E-state index contributed by atoms with van der Waals surface area (Å²) in [7, 11) is 1.88. The van der Waals surface area contributed by atoms with Crippen LogP contribution in [0, 0.1) is 6.92 Å². The summed E-state index contributed by atoms with van der Waals surface area (Å²) < 4.78 is 1.79. The Labute approximate surface area is 116 Å². The first-order chi connectivity index (χ1) is 9.65. The van der Waals surface area contributed by atoms with E-state index in [1.165, 1.54) is 0 Å². The summed E-state index contributed by atoms with van der Waals surface area (Å²) in [4.78, 5) is 20.4. The van der Waals surface area contributed by atoms with Crippen molar-refractivity contribution in [1.29, 1.82) is 0 Å². The molecule has 0 atom stereocenters. The molecule has 3 aromatic rings. The molecule has 2 aromatic heterocycles. The van der Waals surface area contributed by atoms with Gasteiger partial charge in [0.25, 0.3) is 0 Å². The average molecular weight is 266 g/mol. The highest BCUT2D eigenvalue weighted by atomic mass is 16.1. The largest absolute Gasteiger partial charge is 0.292 e. The smallest absolute Gasteiger partial charge is 0.187 e. The predicted molar refractivity (Wildman–Crippen MR) is 75.5 cm³/mol. The molecule has 0 spiro atoms. The Morgan fingerprint density at radius 3 is 2.85 bits per heavy atom. The van der Waals surface area contributed by atoms with Gasteiger partial charge in [-0.3, -0.25) is 9.48 Å². The molecule has 0 aliphatic carbocycles. The Kier molecular flexibility index (Phi) is 3.02. The van der Waals surface area contributed by atoms with Gasteiger partial charge in [-0.05, 0) is 19.1 Å². The number of rotatable bonds is 3. The van der Waals surface area contributed by atoms with Crippen LogP contribution in [0.25, 0.3) is 10.9 Å². The van der Waals surface area contributed by atoms with Crippen LogP contribution < -0.4 is 0 Å². The summed E-state index contributed by atoms with van der Waals surface area (Å²) in [6.07, 6.45) is 1.85. The lowest BCUT2D eigenvalue weighted by molar-refractivity contribution is 0.0987. The van der Waals surface area contributed by atoms with Crippen molar-refractivity contribution in [3.8, 4) is 0 Å². The van der Waals surface area contributed by atoms with Gasteiger partial charge in [0.05, 0.1) is 17.6 Å². The summed E-state index contributed by atoms with van der Waals surface area (Å²) >= 11 is 0. The second-order valence-electron chi connectivity index (χ2n) is 4.68. The first kappa shape index (κ1) is 12.5. The third-order valence-electron chi connectivity index (χ3n) is 3.22. The molecule has 5 heteroatoms. The standard InChI is InChI=1S/C15H14N4O/c1-10-16-8-7-12(17-10)15(20)9-13-11-5-3-4-6-14(11)19(2)18-13/h3-8H,9H2,1-2H3. The third-order valence-corrected chi connectivity index (χ3v) is 3.22. The van der Waals surface area contributed by atoms with Crippen molar-refractivity contribution in [1.82, 2.24) is 19.7 Å². The van der Waals surface area contributed by atoms with Gasteiger partial charge in [-0.2, -0.15) is 5.10 Å². The van der Waals surface area contributed by atoms with Crippen LogP contribution in [0.4, 0.5) is 0 Å². The minimum atomic E-state index is -0.0423. The van der Waals surface area contributed by atoms with Gasteiger partial charge in [0.1, 0.15) is 11.5 Å². The molecule has 1 aromatic carbocycles. The molecule has 100 valence electrons. The average Bonchev–Trinajstić information content (AvgIpc) is 2.76. The number of nitrogens with zero attached hydrogens (tertiary/aromatic N) is 4. The molecule has 2 heterocycles. The van der Waals surface area contributed by atoms with E-state index in [9.17, 15) is 4.79 Å². The summed E-state index contributed by atoms with van der Waals surface area (Å²) in [5, 5.41) is 5.44. The molecule has 0 aliphatic rings. The molecule has 0 unspecified atom stereocenters. The van der Waals surface area contributed by atoms with Crippen LogP contribution in [0.1, 0.15) is 22.0 Å². The van der Waals surface area contributed by atoms with Crippen LogP contribution >= 0.6 is 0 Å². The molecule has 0 saturated heterocycles. The molecule has 0 radical (unpaired) electrons. The fourth-order valence-electron chi connectivity index (χ4n) is 2.27. The molecule has 0 saturated carbocycles. The Morgan fingerprint density at radius 2 is 2.05 bits per heavy atom. The summed E-state index contributed by atoms with van der Waals surface area (Å²) in [5.41, 5.74) is 2.24. The molecule has 0 aliphatic heterocycles. The number of carbonyl (C=O) groups excluding carboxylic acids is 1. The Bertz CT molecular complexity index is 791. The minimum absolute atomic E-state index is 0.0423. The van der Waals surface area contributed by atoms with Crippen molar-refractivity contribution in [3.05, 3.63) is 53.7 Å². The van der Waals surface area contributed by atoms with Crippen LogP contribution in [-0.4, -0.2) is 25.5 Å². The van der Waals surface area contributed by atoms with Crippen LogP contribution in [0.5, 0.6) is 0 Å². The van der Waals surface area contributed by atoms with E-state index in [1.807, 2.05) is 31.3 Å². The van der Waals surface area contributed by atoms with Crippen LogP contribution in [0.3, 0.4) is 0 Å². The fourth-order valence-corrected chi connectivity index (χ4v) is 2.27. The van der Waals surface area contributed by atoms with Crippen molar-refractivity contribution in [2.45, 2.75) is 13.3 Å². The zero-order valence-electron chi connectivity index (χ0n) is 11.4. The number of benzene rings is 1.